The summed E-state index contributed by atoms with van der Waals surface area (Å²) < 4.78 is 11.5. The van der Waals surface area contributed by atoms with Crippen molar-refractivity contribution in [1.82, 2.24) is 15.1 Å². The van der Waals surface area contributed by atoms with Gasteiger partial charge in [-0.3, -0.25) is 9.79 Å². The molecule has 7 heteroatoms. The molecule has 3 rings (SSSR count). The third-order valence-electron chi connectivity index (χ3n) is 5.37. The summed E-state index contributed by atoms with van der Waals surface area (Å²) in [7, 11) is 3.75. The van der Waals surface area contributed by atoms with Crippen LogP contribution in [0.5, 0.6) is 5.75 Å². The number of guanidine groups is 1. The smallest absolute Gasteiger partial charge is 0.254 e. The first-order chi connectivity index (χ1) is 15.5. The molecule has 1 heterocycles. The van der Waals surface area contributed by atoms with E-state index in [9.17, 15) is 4.79 Å². The Kier molecular flexibility index (Phi) is 8.50. The summed E-state index contributed by atoms with van der Waals surface area (Å²) in [6.07, 6.45) is 0.126. The number of carbonyl (C=O) groups excluding carboxylic acids is 1. The maximum Gasteiger partial charge on any atom is 0.254 e. The van der Waals surface area contributed by atoms with Crippen molar-refractivity contribution in [3.05, 3.63) is 65.7 Å². The quantitative estimate of drug-likeness (QED) is 0.532. The molecule has 0 spiro atoms. The first kappa shape index (κ1) is 23.6. The Morgan fingerprint density at radius 1 is 1.12 bits per heavy atom. The van der Waals surface area contributed by atoms with E-state index in [1.807, 2.05) is 85.3 Å². The molecule has 0 bridgehead atoms. The molecule has 2 aromatic carbocycles. The molecule has 0 radical (unpaired) electrons. The van der Waals surface area contributed by atoms with Crippen molar-refractivity contribution < 1.29 is 14.3 Å². The molecule has 7 nitrogen and oxygen atoms in total. The zero-order valence-corrected chi connectivity index (χ0v) is 19.5. The number of hydrogen-bond donors (Lipinski definition) is 1. The average molecular weight is 439 g/mol. The van der Waals surface area contributed by atoms with Crippen LogP contribution in [0.4, 0.5) is 0 Å². The second-order valence-electron chi connectivity index (χ2n) is 8.15. The largest absolute Gasteiger partial charge is 0.492 e. The molecule has 1 aliphatic rings. The number of carbonyl (C=O) groups is 1. The van der Waals surface area contributed by atoms with Gasteiger partial charge in [0.1, 0.15) is 12.4 Å². The van der Waals surface area contributed by atoms with Gasteiger partial charge in [0.05, 0.1) is 18.8 Å². The first-order valence-corrected chi connectivity index (χ1v) is 11.1. The van der Waals surface area contributed by atoms with E-state index in [0.29, 0.717) is 38.3 Å². The van der Waals surface area contributed by atoms with Crippen molar-refractivity contribution in [2.45, 2.75) is 32.6 Å². The number of morpholine rings is 1. The minimum Gasteiger partial charge on any atom is -0.492 e. The van der Waals surface area contributed by atoms with Crippen LogP contribution in [0.2, 0.25) is 0 Å². The zero-order chi connectivity index (χ0) is 22.9. The van der Waals surface area contributed by atoms with E-state index >= 15 is 0 Å². The predicted octanol–water partition coefficient (Wildman–Crippen LogP) is 3.02. The normalized spacial score (nSPS) is 18.9. The topological polar surface area (TPSA) is 66.4 Å². The van der Waals surface area contributed by atoms with E-state index in [2.05, 4.69) is 10.3 Å². The van der Waals surface area contributed by atoms with Crippen LogP contribution in [0.1, 0.15) is 29.8 Å². The van der Waals surface area contributed by atoms with Crippen molar-refractivity contribution in [2.75, 3.05) is 40.3 Å². The van der Waals surface area contributed by atoms with Crippen molar-refractivity contribution in [3.63, 3.8) is 0 Å². The van der Waals surface area contributed by atoms with Crippen molar-refractivity contribution >= 4 is 11.9 Å². The highest BCUT2D eigenvalue weighted by molar-refractivity contribution is 5.94. The van der Waals surface area contributed by atoms with E-state index in [4.69, 9.17) is 9.47 Å². The van der Waals surface area contributed by atoms with E-state index < -0.39 is 0 Å². The number of likely N-dealkylation sites (N-methyl/N-ethyl adjacent to an activating group) is 1. The van der Waals surface area contributed by atoms with Gasteiger partial charge >= 0.3 is 0 Å². The van der Waals surface area contributed by atoms with Gasteiger partial charge in [0.2, 0.25) is 0 Å². The van der Waals surface area contributed by atoms with Gasteiger partial charge in [0.15, 0.2) is 5.96 Å². The molecule has 1 amide bonds. The summed E-state index contributed by atoms with van der Waals surface area (Å²) in [6, 6.07) is 17.5. The lowest BCUT2D eigenvalue weighted by Gasteiger charge is -2.35. The van der Waals surface area contributed by atoms with Crippen LogP contribution in [0.15, 0.2) is 59.6 Å². The highest BCUT2D eigenvalue weighted by atomic mass is 16.5. The minimum atomic E-state index is 0.0560. The first-order valence-electron chi connectivity index (χ1n) is 11.1. The number of ether oxygens (including phenoxy) is 2. The second kappa shape index (κ2) is 11.5. The molecule has 0 saturated carbocycles. The predicted molar refractivity (Wildman–Crippen MR) is 127 cm³/mol. The molecular weight excluding hydrogens is 404 g/mol. The standard InChI is InChI=1S/C25H34N4O3/c1-19-17-29(18-20(2)32-19)24(30)22-12-10-21(11-13-22)16-27-25(26-3)28(4)14-15-31-23-8-6-5-7-9-23/h5-13,19-20H,14-18H2,1-4H3,(H,26,27). The van der Waals surface area contributed by atoms with Gasteiger partial charge < -0.3 is 24.6 Å². The van der Waals surface area contributed by atoms with Crippen LogP contribution in [-0.4, -0.2) is 74.2 Å². The Morgan fingerprint density at radius 3 is 2.41 bits per heavy atom. The van der Waals surface area contributed by atoms with Gasteiger partial charge in [-0.05, 0) is 43.7 Å². The van der Waals surface area contributed by atoms with Gasteiger partial charge in [0.25, 0.3) is 5.91 Å². The average Bonchev–Trinajstić information content (AvgIpc) is 2.79. The lowest BCUT2D eigenvalue weighted by Crippen LogP contribution is -2.48. The number of amides is 1. The van der Waals surface area contributed by atoms with Crippen LogP contribution in [0.25, 0.3) is 0 Å². The molecule has 0 aliphatic carbocycles. The number of rotatable bonds is 7. The van der Waals surface area contributed by atoms with Gasteiger partial charge in [-0.15, -0.1) is 0 Å². The molecule has 0 aromatic heterocycles. The Bertz CT molecular complexity index is 876. The van der Waals surface area contributed by atoms with Gasteiger partial charge in [-0.2, -0.15) is 0 Å². The Balaban J connectivity index is 1.47. The van der Waals surface area contributed by atoms with E-state index in [1.54, 1.807) is 7.05 Å². The van der Waals surface area contributed by atoms with Crippen molar-refractivity contribution in [3.8, 4) is 5.75 Å². The molecule has 1 saturated heterocycles. The molecule has 1 N–H and O–H groups in total. The van der Waals surface area contributed by atoms with Gasteiger partial charge in [-0.1, -0.05) is 30.3 Å². The minimum absolute atomic E-state index is 0.0560. The maximum atomic E-state index is 12.8. The van der Waals surface area contributed by atoms with Crippen molar-refractivity contribution in [1.29, 1.82) is 0 Å². The molecule has 2 aromatic rings. The van der Waals surface area contributed by atoms with Gasteiger partial charge in [-0.25, -0.2) is 0 Å². The fraction of sp³-hybridized carbons (Fsp3) is 0.440. The fourth-order valence-electron chi connectivity index (χ4n) is 3.78. The Labute approximate surface area is 191 Å². The number of nitrogens with zero attached hydrogens (tertiary/aromatic N) is 3. The third-order valence-corrected chi connectivity index (χ3v) is 5.37. The number of para-hydroxylation sites is 1. The SMILES string of the molecule is CN=C(NCc1ccc(C(=O)N2CC(C)OC(C)C2)cc1)N(C)CCOc1ccccc1. The molecule has 1 fully saturated rings. The van der Waals surface area contributed by atoms with Gasteiger partial charge in [0, 0.05) is 39.3 Å². The summed E-state index contributed by atoms with van der Waals surface area (Å²) in [5, 5.41) is 3.37. The maximum absolute atomic E-state index is 12.8. The Morgan fingerprint density at radius 2 is 1.78 bits per heavy atom. The van der Waals surface area contributed by atoms with Crippen LogP contribution in [-0.2, 0) is 11.3 Å². The number of nitrogens with one attached hydrogen (secondary N) is 1. The molecule has 1 aliphatic heterocycles. The molecular formula is C25H34N4O3. The summed E-state index contributed by atoms with van der Waals surface area (Å²) in [5.74, 6) is 1.71. The number of hydrogen-bond acceptors (Lipinski definition) is 4. The lowest BCUT2D eigenvalue weighted by atomic mass is 10.1. The molecule has 172 valence electrons. The highest BCUT2D eigenvalue weighted by Crippen LogP contribution is 2.15. The number of aliphatic imine (C=N–C) groups is 1. The number of benzene rings is 2. The third kappa shape index (κ3) is 6.72. The monoisotopic (exact) mass is 438 g/mol. The summed E-state index contributed by atoms with van der Waals surface area (Å²) >= 11 is 0. The molecule has 2 atom stereocenters. The second-order valence-corrected chi connectivity index (χ2v) is 8.15. The van der Waals surface area contributed by atoms with Crippen LogP contribution >= 0.6 is 0 Å². The van der Waals surface area contributed by atoms with Crippen molar-refractivity contribution in [2.24, 2.45) is 4.99 Å². The molecule has 2 unspecified atom stereocenters. The highest BCUT2D eigenvalue weighted by Gasteiger charge is 2.26. The lowest BCUT2D eigenvalue weighted by molar-refractivity contribution is -0.0586. The summed E-state index contributed by atoms with van der Waals surface area (Å²) in [4.78, 5) is 21.1. The molecule has 32 heavy (non-hydrogen) atoms. The van der Waals surface area contributed by atoms with E-state index in [-0.39, 0.29) is 18.1 Å². The van der Waals surface area contributed by atoms with Crippen LogP contribution in [0.3, 0.4) is 0 Å². The summed E-state index contributed by atoms with van der Waals surface area (Å²) in [5.41, 5.74) is 1.79. The zero-order valence-electron chi connectivity index (χ0n) is 19.5. The van der Waals surface area contributed by atoms with Crippen LogP contribution < -0.4 is 10.1 Å². The van der Waals surface area contributed by atoms with Crippen LogP contribution in [0, 0.1) is 0 Å². The Hall–Kier alpha value is -3.06. The van der Waals surface area contributed by atoms with E-state index in [1.165, 1.54) is 0 Å². The fourth-order valence-corrected chi connectivity index (χ4v) is 3.78. The summed E-state index contributed by atoms with van der Waals surface area (Å²) in [6.45, 7) is 7.16. The van der Waals surface area contributed by atoms with E-state index in [0.717, 1.165) is 17.3 Å².